The number of amides is 3. The molecule has 3 amide bonds. The number of unbranched alkanes of at least 4 members (excludes halogenated alkanes) is 15. The summed E-state index contributed by atoms with van der Waals surface area (Å²) in [6.07, 6.45) is 31.4. The van der Waals surface area contributed by atoms with E-state index in [0.29, 0.717) is 19.6 Å². The van der Waals surface area contributed by atoms with Crippen LogP contribution >= 0.6 is 0 Å². The topological polar surface area (TPSA) is 88.5 Å². The lowest BCUT2D eigenvalue weighted by Gasteiger charge is -2.35. The highest BCUT2D eigenvalue weighted by molar-refractivity contribution is 5.74. The SMILES string of the molecule is CCCCCCCCCCCCCCCCCCNC(=O)N1CCCCC1CCOC(=O)NCCCn1ccnc1. The molecule has 1 unspecified atom stereocenters. The number of aryl methyl sites for hydroxylation is 1. The monoisotopic (exact) mass is 575 g/mol. The van der Waals surface area contributed by atoms with Gasteiger partial charge in [0.1, 0.15) is 0 Å². The van der Waals surface area contributed by atoms with Crippen molar-refractivity contribution in [1.29, 1.82) is 0 Å². The number of carbonyl (C=O) groups is 2. The minimum absolute atomic E-state index is 0.0413. The summed E-state index contributed by atoms with van der Waals surface area (Å²) in [6.45, 7) is 5.53. The van der Waals surface area contributed by atoms with Crippen LogP contribution in [0.5, 0.6) is 0 Å². The first kappa shape index (κ1) is 34.9. The standard InChI is InChI=1S/C33H61N5O3/c1-2-3-4-5-6-7-8-9-10-11-12-13-14-15-16-18-23-35-32(39)38-27-19-17-21-31(38)22-29-41-33(40)36-24-20-26-37-28-25-34-30-37/h25,28,30-31H,2-24,26-27,29H2,1H3,(H,35,39)(H,36,40). The van der Waals surface area contributed by atoms with E-state index in [1.165, 1.54) is 96.3 Å². The third-order valence-electron chi connectivity index (χ3n) is 8.30. The highest BCUT2D eigenvalue weighted by Crippen LogP contribution is 2.20. The Kier molecular flexibility index (Phi) is 20.8. The number of rotatable bonds is 24. The van der Waals surface area contributed by atoms with Crippen LogP contribution in [0.4, 0.5) is 9.59 Å². The van der Waals surface area contributed by atoms with E-state index >= 15 is 0 Å². The number of hydrogen-bond donors (Lipinski definition) is 2. The molecule has 2 rings (SSSR count). The fourth-order valence-corrected chi connectivity index (χ4v) is 5.75. The summed E-state index contributed by atoms with van der Waals surface area (Å²) in [5.41, 5.74) is 0. The molecule has 2 heterocycles. The Balaban J connectivity index is 1.40. The van der Waals surface area contributed by atoms with Crippen LogP contribution < -0.4 is 10.6 Å². The van der Waals surface area contributed by atoms with Crippen LogP contribution in [0, 0.1) is 0 Å². The van der Waals surface area contributed by atoms with E-state index in [4.69, 9.17) is 4.74 Å². The van der Waals surface area contributed by atoms with Gasteiger partial charge in [-0.15, -0.1) is 0 Å². The van der Waals surface area contributed by atoms with E-state index in [0.717, 1.165) is 51.7 Å². The Morgan fingerprint density at radius 3 is 2.02 bits per heavy atom. The molecule has 0 radical (unpaired) electrons. The molecular formula is C33H61N5O3. The van der Waals surface area contributed by atoms with Crippen molar-refractivity contribution >= 4 is 12.1 Å². The zero-order valence-electron chi connectivity index (χ0n) is 26.3. The third-order valence-corrected chi connectivity index (χ3v) is 8.30. The van der Waals surface area contributed by atoms with Gasteiger partial charge in [-0.3, -0.25) is 0 Å². The number of alkyl carbamates (subject to hydrolysis) is 1. The molecule has 0 aromatic carbocycles. The summed E-state index contributed by atoms with van der Waals surface area (Å²) in [5.74, 6) is 0. The lowest BCUT2D eigenvalue weighted by molar-refractivity contribution is 0.111. The summed E-state index contributed by atoms with van der Waals surface area (Å²) in [6, 6.07) is 0.184. The quantitative estimate of drug-likeness (QED) is 0.122. The molecule has 2 N–H and O–H groups in total. The average molecular weight is 576 g/mol. The number of piperidine rings is 1. The fraction of sp³-hybridized carbons (Fsp3) is 0.848. The zero-order chi connectivity index (χ0) is 29.2. The van der Waals surface area contributed by atoms with Crippen molar-refractivity contribution in [2.24, 2.45) is 0 Å². The number of ether oxygens (including phenoxy) is 1. The molecule has 1 atom stereocenters. The van der Waals surface area contributed by atoms with Gasteiger partial charge in [0.15, 0.2) is 0 Å². The largest absolute Gasteiger partial charge is 0.449 e. The maximum Gasteiger partial charge on any atom is 0.407 e. The minimum Gasteiger partial charge on any atom is -0.449 e. The first-order valence-electron chi connectivity index (χ1n) is 17.1. The highest BCUT2D eigenvalue weighted by Gasteiger charge is 2.26. The predicted molar refractivity (Wildman–Crippen MR) is 168 cm³/mol. The van der Waals surface area contributed by atoms with Crippen molar-refractivity contribution in [3.8, 4) is 0 Å². The second-order valence-electron chi connectivity index (χ2n) is 11.9. The summed E-state index contributed by atoms with van der Waals surface area (Å²) in [7, 11) is 0. The normalized spacial score (nSPS) is 15.1. The Hall–Kier alpha value is -2.25. The van der Waals surface area contributed by atoms with Crippen LogP contribution in [-0.4, -0.2) is 58.9 Å². The van der Waals surface area contributed by atoms with E-state index in [1.54, 1.807) is 12.5 Å². The molecule has 0 saturated carbocycles. The predicted octanol–water partition coefficient (Wildman–Crippen LogP) is 8.22. The van der Waals surface area contributed by atoms with Crippen LogP contribution in [0.3, 0.4) is 0 Å². The molecule has 0 bridgehead atoms. The lowest BCUT2D eigenvalue weighted by atomic mass is 10.00. The molecular weight excluding hydrogens is 514 g/mol. The first-order valence-corrected chi connectivity index (χ1v) is 17.1. The molecule has 0 aliphatic carbocycles. The molecule has 1 aromatic heterocycles. The maximum atomic E-state index is 12.8. The molecule has 8 nitrogen and oxygen atoms in total. The number of carbonyl (C=O) groups excluding carboxylic acids is 2. The van der Waals surface area contributed by atoms with Gasteiger partial charge >= 0.3 is 12.1 Å². The number of hydrogen-bond acceptors (Lipinski definition) is 4. The molecule has 1 fully saturated rings. The van der Waals surface area contributed by atoms with Gasteiger partial charge in [-0.25, -0.2) is 14.6 Å². The van der Waals surface area contributed by atoms with Gasteiger partial charge in [-0.2, -0.15) is 0 Å². The summed E-state index contributed by atoms with van der Waals surface area (Å²) in [4.78, 5) is 30.8. The molecule has 1 aromatic rings. The van der Waals surface area contributed by atoms with Crippen LogP contribution in [0.25, 0.3) is 0 Å². The summed E-state index contributed by atoms with van der Waals surface area (Å²) < 4.78 is 7.36. The van der Waals surface area contributed by atoms with Gasteiger partial charge in [0, 0.05) is 51.0 Å². The van der Waals surface area contributed by atoms with Crippen molar-refractivity contribution in [1.82, 2.24) is 25.1 Å². The first-order chi connectivity index (χ1) is 20.2. The number of likely N-dealkylation sites (tertiary alicyclic amines) is 1. The average Bonchev–Trinajstić information content (AvgIpc) is 3.51. The van der Waals surface area contributed by atoms with Gasteiger partial charge in [0.2, 0.25) is 0 Å². The Labute approximate surface area is 250 Å². The van der Waals surface area contributed by atoms with Crippen molar-refractivity contribution in [3.05, 3.63) is 18.7 Å². The number of nitrogens with zero attached hydrogens (tertiary/aromatic N) is 3. The molecule has 1 aliphatic rings. The van der Waals surface area contributed by atoms with Crippen molar-refractivity contribution in [2.75, 3.05) is 26.2 Å². The number of imidazole rings is 1. The second-order valence-corrected chi connectivity index (χ2v) is 11.9. The molecule has 0 spiro atoms. The summed E-state index contributed by atoms with van der Waals surface area (Å²) >= 11 is 0. The third kappa shape index (κ3) is 18.0. The summed E-state index contributed by atoms with van der Waals surface area (Å²) in [5, 5.41) is 5.94. The van der Waals surface area contributed by atoms with Gasteiger partial charge in [-0.05, 0) is 32.1 Å². The smallest absolute Gasteiger partial charge is 0.407 e. The van der Waals surface area contributed by atoms with Crippen LogP contribution in [0.15, 0.2) is 18.7 Å². The van der Waals surface area contributed by atoms with Gasteiger partial charge in [0.05, 0.1) is 12.9 Å². The van der Waals surface area contributed by atoms with Gasteiger partial charge in [0.25, 0.3) is 0 Å². The molecule has 1 saturated heterocycles. The lowest BCUT2D eigenvalue weighted by Crippen LogP contribution is -2.49. The number of nitrogens with one attached hydrogen (secondary N) is 2. The molecule has 41 heavy (non-hydrogen) atoms. The maximum absolute atomic E-state index is 12.8. The van der Waals surface area contributed by atoms with E-state index < -0.39 is 0 Å². The Bertz CT molecular complexity index is 758. The zero-order valence-corrected chi connectivity index (χ0v) is 26.3. The number of urea groups is 1. The van der Waals surface area contributed by atoms with Crippen molar-refractivity contribution < 1.29 is 14.3 Å². The van der Waals surface area contributed by atoms with Gasteiger partial charge < -0.3 is 24.8 Å². The van der Waals surface area contributed by atoms with E-state index in [1.807, 2.05) is 15.7 Å². The van der Waals surface area contributed by atoms with Crippen LogP contribution in [0.1, 0.15) is 142 Å². The molecule has 236 valence electrons. The Morgan fingerprint density at radius 1 is 0.805 bits per heavy atom. The van der Waals surface area contributed by atoms with Gasteiger partial charge in [-0.1, -0.05) is 103 Å². The Morgan fingerprint density at radius 2 is 1.41 bits per heavy atom. The highest BCUT2D eigenvalue weighted by atomic mass is 16.5. The van der Waals surface area contributed by atoms with Crippen LogP contribution in [0.2, 0.25) is 0 Å². The van der Waals surface area contributed by atoms with Crippen molar-refractivity contribution in [3.63, 3.8) is 0 Å². The molecule has 8 heteroatoms. The number of aromatic nitrogens is 2. The second kappa shape index (κ2) is 24.4. The van der Waals surface area contributed by atoms with Crippen LogP contribution in [-0.2, 0) is 11.3 Å². The van der Waals surface area contributed by atoms with E-state index in [-0.39, 0.29) is 18.2 Å². The fourth-order valence-electron chi connectivity index (χ4n) is 5.75. The minimum atomic E-state index is -0.383. The van der Waals surface area contributed by atoms with E-state index in [9.17, 15) is 9.59 Å². The van der Waals surface area contributed by atoms with Crippen molar-refractivity contribution in [2.45, 2.75) is 154 Å². The molecule has 1 aliphatic heterocycles. The van der Waals surface area contributed by atoms with E-state index in [2.05, 4.69) is 22.5 Å².